The molecular weight excluding hydrogens is 391 g/mol. The number of aliphatic imine (C=N–C) groups is 1. The summed E-state index contributed by atoms with van der Waals surface area (Å²) in [5.74, 6) is -1.13. The van der Waals surface area contributed by atoms with Crippen molar-refractivity contribution in [1.82, 2.24) is 0 Å². The van der Waals surface area contributed by atoms with Crippen molar-refractivity contribution in [2.75, 3.05) is 11.4 Å². The van der Waals surface area contributed by atoms with Crippen LogP contribution < -0.4 is 4.90 Å². The van der Waals surface area contributed by atoms with Gasteiger partial charge in [0.15, 0.2) is 0 Å². The number of fused-ring (bicyclic) bond motifs is 1. The quantitative estimate of drug-likeness (QED) is 0.571. The van der Waals surface area contributed by atoms with Crippen molar-refractivity contribution < 1.29 is 14.3 Å². The number of halogens is 2. The molecule has 0 radical (unpaired) electrons. The minimum Gasteiger partial charge on any atom is -0.478 e. The van der Waals surface area contributed by atoms with Crippen LogP contribution in [0.3, 0.4) is 0 Å². The maximum absolute atomic E-state index is 14.9. The Morgan fingerprint density at radius 2 is 2.10 bits per heavy atom. The van der Waals surface area contributed by atoms with E-state index in [4.69, 9.17) is 16.7 Å². The zero-order valence-corrected chi connectivity index (χ0v) is 17.9. The number of aromatic carboxylic acids is 1. The lowest BCUT2D eigenvalue weighted by Gasteiger charge is -2.47. The summed E-state index contributed by atoms with van der Waals surface area (Å²) < 4.78 is 14.9. The Morgan fingerprint density at radius 3 is 2.76 bits per heavy atom. The molecular formula is C23H26ClFN2O2. The molecule has 0 amide bonds. The standard InChI is InChI=1S/C23H26ClFN2O2/c1-5-8-27-21-11-19(25)16(9-17(21)14(2)12-23(27,3)4)13-26-20-10-15(22(28)29)6-7-18(20)24/h6-7,9-11,13-14H,5,8,12H2,1-4H3,(H,28,29). The molecule has 0 saturated heterocycles. The van der Waals surface area contributed by atoms with Gasteiger partial charge >= 0.3 is 5.97 Å². The first-order chi connectivity index (χ1) is 13.6. The molecule has 1 N–H and O–H groups in total. The lowest BCUT2D eigenvalue weighted by atomic mass is 9.79. The van der Waals surface area contributed by atoms with Crippen LogP contribution in [0.25, 0.3) is 0 Å². The molecule has 2 aromatic rings. The SMILES string of the molecule is CCCN1c2cc(F)c(C=Nc3cc(C(=O)O)ccc3Cl)cc2C(C)CC1(C)C. The Morgan fingerprint density at radius 1 is 1.38 bits per heavy atom. The highest BCUT2D eigenvalue weighted by atomic mass is 35.5. The first-order valence-corrected chi connectivity index (χ1v) is 10.2. The highest BCUT2D eigenvalue weighted by molar-refractivity contribution is 6.33. The number of nitrogens with zero attached hydrogens (tertiary/aromatic N) is 2. The predicted octanol–water partition coefficient (Wildman–Crippen LogP) is 6.43. The van der Waals surface area contributed by atoms with Gasteiger partial charge in [-0.2, -0.15) is 0 Å². The number of hydrogen-bond acceptors (Lipinski definition) is 3. The predicted molar refractivity (Wildman–Crippen MR) is 117 cm³/mol. The largest absolute Gasteiger partial charge is 0.478 e. The summed E-state index contributed by atoms with van der Waals surface area (Å²) in [6.07, 6.45) is 3.38. The van der Waals surface area contributed by atoms with Crippen molar-refractivity contribution in [1.29, 1.82) is 0 Å². The summed E-state index contributed by atoms with van der Waals surface area (Å²) in [4.78, 5) is 17.7. The van der Waals surface area contributed by atoms with Gasteiger partial charge in [-0.25, -0.2) is 9.18 Å². The van der Waals surface area contributed by atoms with Gasteiger partial charge in [0.25, 0.3) is 0 Å². The van der Waals surface area contributed by atoms with Crippen LogP contribution in [0.15, 0.2) is 35.3 Å². The molecule has 0 fully saturated rings. The fraction of sp³-hybridized carbons (Fsp3) is 0.391. The second-order valence-corrected chi connectivity index (χ2v) is 8.64. The molecule has 0 aliphatic carbocycles. The number of anilines is 1. The molecule has 1 aliphatic heterocycles. The molecule has 6 heteroatoms. The van der Waals surface area contributed by atoms with Gasteiger partial charge in [0.1, 0.15) is 5.82 Å². The molecule has 0 spiro atoms. The summed E-state index contributed by atoms with van der Waals surface area (Å²) in [7, 11) is 0. The average molecular weight is 417 g/mol. The van der Waals surface area contributed by atoms with Gasteiger partial charge in [-0.1, -0.05) is 25.4 Å². The van der Waals surface area contributed by atoms with E-state index in [0.29, 0.717) is 22.2 Å². The van der Waals surface area contributed by atoms with Gasteiger partial charge < -0.3 is 10.0 Å². The van der Waals surface area contributed by atoms with Crippen LogP contribution in [0.2, 0.25) is 5.02 Å². The molecule has 29 heavy (non-hydrogen) atoms. The molecule has 3 rings (SSSR count). The van der Waals surface area contributed by atoms with E-state index in [0.717, 1.165) is 30.6 Å². The minimum absolute atomic E-state index is 0.0325. The maximum atomic E-state index is 14.9. The number of carboxylic acids is 1. The van der Waals surface area contributed by atoms with Crippen LogP contribution in [0.4, 0.5) is 15.8 Å². The van der Waals surface area contributed by atoms with Gasteiger partial charge in [0, 0.05) is 29.5 Å². The zero-order chi connectivity index (χ0) is 21.3. The highest BCUT2D eigenvalue weighted by Crippen LogP contribution is 2.44. The second-order valence-electron chi connectivity index (χ2n) is 8.23. The Kier molecular flexibility index (Phi) is 5.99. The van der Waals surface area contributed by atoms with Crippen LogP contribution in [0, 0.1) is 5.82 Å². The topological polar surface area (TPSA) is 52.9 Å². The van der Waals surface area contributed by atoms with Crippen molar-refractivity contribution in [3.63, 3.8) is 0 Å². The molecule has 0 aromatic heterocycles. The van der Waals surface area contributed by atoms with Crippen LogP contribution in [0.1, 0.15) is 67.9 Å². The Balaban J connectivity index is 2.01. The van der Waals surface area contributed by atoms with E-state index in [1.165, 1.54) is 24.4 Å². The zero-order valence-electron chi connectivity index (χ0n) is 17.2. The molecule has 2 aromatic carbocycles. The molecule has 154 valence electrons. The summed E-state index contributed by atoms with van der Waals surface area (Å²) in [5, 5.41) is 9.46. The van der Waals surface area contributed by atoms with Gasteiger partial charge in [-0.3, -0.25) is 4.99 Å². The molecule has 1 heterocycles. The first kappa shape index (κ1) is 21.3. The van der Waals surface area contributed by atoms with Crippen molar-refractivity contribution in [3.05, 3.63) is 57.9 Å². The van der Waals surface area contributed by atoms with Crippen LogP contribution >= 0.6 is 11.6 Å². The number of rotatable bonds is 5. The maximum Gasteiger partial charge on any atom is 0.335 e. The smallest absolute Gasteiger partial charge is 0.335 e. The summed E-state index contributed by atoms with van der Waals surface area (Å²) in [6.45, 7) is 9.56. The van der Waals surface area contributed by atoms with E-state index in [9.17, 15) is 9.18 Å². The average Bonchev–Trinajstić information content (AvgIpc) is 2.64. The molecule has 4 nitrogen and oxygen atoms in total. The van der Waals surface area contributed by atoms with Crippen LogP contribution in [-0.4, -0.2) is 29.4 Å². The number of benzene rings is 2. The Bertz CT molecular complexity index is 972. The molecule has 1 aliphatic rings. The second kappa shape index (κ2) is 8.15. The highest BCUT2D eigenvalue weighted by Gasteiger charge is 2.36. The lowest BCUT2D eigenvalue weighted by Crippen LogP contribution is -2.48. The van der Waals surface area contributed by atoms with Crippen molar-refractivity contribution >= 4 is 35.2 Å². The third kappa shape index (κ3) is 4.30. The number of carboxylic acid groups (broad SMARTS) is 1. The third-order valence-electron chi connectivity index (χ3n) is 5.49. The van der Waals surface area contributed by atoms with E-state index in [2.05, 4.69) is 37.6 Å². The lowest BCUT2D eigenvalue weighted by molar-refractivity contribution is 0.0697. The summed E-state index contributed by atoms with van der Waals surface area (Å²) in [6, 6.07) is 7.72. The van der Waals surface area contributed by atoms with Crippen LogP contribution in [-0.2, 0) is 0 Å². The molecule has 1 unspecified atom stereocenters. The monoisotopic (exact) mass is 416 g/mol. The van der Waals surface area contributed by atoms with Gasteiger partial charge in [-0.05, 0) is 68.5 Å². The van der Waals surface area contributed by atoms with Crippen molar-refractivity contribution in [2.45, 2.75) is 52.0 Å². The Labute approximate surface area is 176 Å². The van der Waals surface area contributed by atoms with E-state index in [-0.39, 0.29) is 16.9 Å². The summed E-state index contributed by atoms with van der Waals surface area (Å²) in [5.41, 5.74) is 2.75. The summed E-state index contributed by atoms with van der Waals surface area (Å²) >= 11 is 6.12. The first-order valence-electron chi connectivity index (χ1n) is 9.82. The van der Waals surface area contributed by atoms with Crippen molar-refractivity contribution in [2.24, 2.45) is 4.99 Å². The molecule has 1 atom stereocenters. The third-order valence-corrected chi connectivity index (χ3v) is 5.81. The van der Waals surface area contributed by atoms with E-state index in [1.807, 2.05) is 6.07 Å². The Hall–Kier alpha value is -2.40. The molecule has 0 saturated carbocycles. The van der Waals surface area contributed by atoms with Gasteiger partial charge in [0.2, 0.25) is 0 Å². The van der Waals surface area contributed by atoms with E-state index < -0.39 is 5.97 Å². The van der Waals surface area contributed by atoms with Gasteiger partial charge in [0.05, 0.1) is 16.3 Å². The normalized spacial score (nSPS) is 18.1. The number of hydrogen-bond donors (Lipinski definition) is 1. The van der Waals surface area contributed by atoms with E-state index in [1.54, 1.807) is 6.07 Å². The van der Waals surface area contributed by atoms with Crippen molar-refractivity contribution in [3.8, 4) is 0 Å². The number of carbonyl (C=O) groups is 1. The fourth-order valence-corrected chi connectivity index (χ4v) is 4.32. The van der Waals surface area contributed by atoms with Gasteiger partial charge in [-0.15, -0.1) is 0 Å². The molecule has 0 bridgehead atoms. The van der Waals surface area contributed by atoms with Crippen LogP contribution in [0.5, 0.6) is 0 Å². The van der Waals surface area contributed by atoms with E-state index >= 15 is 0 Å². The fourth-order valence-electron chi connectivity index (χ4n) is 4.15. The minimum atomic E-state index is -1.06.